The molecule has 0 fully saturated rings. The molecule has 24 heavy (non-hydrogen) atoms. The Hall–Kier alpha value is -3.12. The van der Waals surface area contributed by atoms with Crippen molar-refractivity contribution in [3.63, 3.8) is 0 Å². The van der Waals surface area contributed by atoms with E-state index in [2.05, 4.69) is 5.32 Å². The number of nitrogens with zero attached hydrogens (tertiary/aromatic N) is 2. The fourth-order valence-corrected chi connectivity index (χ4v) is 2.04. The summed E-state index contributed by atoms with van der Waals surface area (Å²) in [6.07, 6.45) is 0. The summed E-state index contributed by atoms with van der Waals surface area (Å²) < 4.78 is 34.7. The molecule has 2 aromatic rings. The zero-order valence-corrected chi connectivity index (χ0v) is 13.2. The number of hydrogen-bond donors (Lipinski definition) is 1. The minimum Gasteiger partial charge on any atom is -0.488 e. The average Bonchev–Trinajstić information content (AvgIpc) is 2.57. The van der Waals surface area contributed by atoms with Gasteiger partial charge in [-0.25, -0.2) is 8.78 Å². The number of para-hydroxylation sites is 1. The number of hydrogen-bond acceptors (Lipinski definition) is 4. The number of halogens is 2. The standard InChI is InChI=1S/C18H15F2N3O/c1-11(2)10-24-18-16(20)14(9-22)13(8-21)15(19)17(18)23-12-6-4-3-5-7-12/h3-7,11,23H,10H2,1-2H3. The summed E-state index contributed by atoms with van der Waals surface area (Å²) in [4.78, 5) is 0. The second kappa shape index (κ2) is 7.43. The topological polar surface area (TPSA) is 68.8 Å². The Bertz CT molecular complexity index is 821. The van der Waals surface area contributed by atoms with Crippen molar-refractivity contribution in [1.82, 2.24) is 0 Å². The number of ether oxygens (including phenoxy) is 1. The molecule has 0 aliphatic carbocycles. The van der Waals surface area contributed by atoms with E-state index in [1.54, 1.807) is 36.4 Å². The summed E-state index contributed by atoms with van der Waals surface area (Å²) in [5.41, 5.74) is -1.11. The first-order valence-electron chi connectivity index (χ1n) is 7.29. The van der Waals surface area contributed by atoms with Gasteiger partial charge in [-0.2, -0.15) is 10.5 Å². The molecule has 6 heteroatoms. The first kappa shape index (κ1) is 17.2. The highest BCUT2D eigenvalue weighted by molar-refractivity contribution is 5.72. The fourth-order valence-electron chi connectivity index (χ4n) is 2.04. The smallest absolute Gasteiger partial charge is 0.186 e. The number of nitriles is 2. The highest BCUT2D eigenvalue weighted by atomic mass is 19.1. The van der Waals surface area contributed by atoms with Gasteiger partial charge in [-0.05, 0) is 18.1 Å². The lowest BCUT2D eigenvalue weighted by molar-refractivity contribution is 0.259. The van der Waals surface area contributed by atoms with Gasteiger partial charge in [-0.15, -0.1) is 0 Å². The van der Waals surface area contributed by atoms with Crippen molar-refractivity contribution < 1.29 is 13.5 Å². The summed E-state index contributed by atoms with van der Waals surface area (Å²) in [6, 6.07) is 11.6. The molecular weight excluding hydrogens is 312 g/mol. The SMILES string of the molecule is CC(C)COc1c(F)c(C#N)c(C#N)c(F)c1Nc1ccccc1. The Labute approximate surface area is 138 Å². The maximum absolute atomic E-state index is 14.7. The number of nitrogens with one attached hydrogen (secondary N) is 1. The van der Waals surface area contributed by atoms with E-state index in [4.69, 9.17) is 15.3 Å². The van der Waals surface area contributed by atoms with E-state index in [1.165, 1.54) is 6.07 Å². The van der Waals surface area contributed by atoms with Gasteiger partial charge in [0.05, 0.1) is 6.61 Å². The average molecular weight is 327 g/mol. The molecule has 0 saturated carbocycles. The van der Waals surface area contributed by atoms with Crippen LogP contribution in [0, 0.1) is 40.2 Å². The van der Waals surface area contributed by atoms with E-state index in [1.807, 2.05) is 13.8 Å². The summed E-state index contributed by atoms with van der Waals surface area (Å²) in [5.74, 6) is -2.40. The first-order chi connectivity index (χ1) is 11.5. The predicted molar refractivity (Wildman–Crippen MR) is 85.8 cm³/mol. The molecule has 2 rings (SSSR count). The number of benzene rings is 2. The van der Waals surface area contributed by atoms with Gasteiger partial charge in [0.2, 0.25) is 0 Å². The lowest BCUT2D eigenvalue weighted by Crippen LogP contribution is -2.11. The molecule has 0 spiro atoms. The van der Waals surface area contributed by atoms with E-state index >= 15 is 0 Å². The van der Waals surface area contributed by atoms with E-state index in [9.17, 15) is 8.78 Å². The van der Waals surface area contributed by atoms with Crippen molar-refractivity contribution in [2.45, 2.75) is 13.8 Å². The summed E-state index contributed by atoms with van der Waals surface area (Å²) in [6.45, 7) is 3.84. The highest BCUT2D eigenvalue weighted by Gasteiger charge is 2.26. The second-order valence-corrected chi connectivity index (χ2v) is 5.50. The number of anilines is 2. The van der Waals surface area contributed by atoms with Gasteiger partial charge in [-0.1, -0.05) is 32.0 Å². The van der Waals surface area contributed by atoms with Gasteiger partial charge in [0, 0.05) is 5.69 Å². The Balaban J connectivity index is 2.63. The third kappa shape index (κ3) is 3.44. The van der Waals surface area contributed by atoms with E-state index in [-0.39, 0.29) is 18.2 Å². The maximum Gasteiger partial charge on any atom is 0.186 e. The third-order valence-electron chi connectivity index (χ3n) is 3.16. The van der Waals surface area contributed by atoms with Gasteiger partial charge in [0.25, 0.3) is 0 Å². The van der Waals surface area contributed by atoms with E-state index in [0.29, 0.717) is 5.69 Å². The molecule has 0 radical (unpaired) electrons. The molecule has 122 valence electrons. The second-order valence-electron chi connectivity index (χ2n) is 5.50. The van der Waals surface area contributed by atoms with Gasteiger partial charge in [-0.3, -0.25) is 0 Å². The van der Waals surface area contributed by atoms with Crippen LogP contribution in [-0.4, -0.2) is 6.61 Å². The van der Waals surface area contributed by atoms with Crippen LogP contribution < -0.4 is 10.1 Å². The van der Waals surface area contributed by atoms with Crippen LogP contribution in [0.3, 0.4) is 0 Å². The molecular formula is C18H15F2N3O. The molecule has 2 aromatic carbocycles. The molecule has 0 amide bonds. The maximum atomic E-state index is 14.7. The van der Waals surface area contributed by atoms with Crippen LogP contribution in [0.5, 0.6) is 5.75 Å². The Morgan fingerprint density at radius 1 is 1.04 bits per heavy atom. The lowest BCUT2D eigenvalue weighted by atomic mass is 10.1. The van der Waals surface area contributed by atoms with Crippen LogP contribution in [0.2, 0.25) is 0 Å². The van der Waals surface area contributed by atoms with Crippen LogP contribution in [0.1, 0.15) is 25.0 Å². The number of rotatable bonds is 5. The van der Waals surface area contributed by atoms with Crippen molar-refractivity contribution in [2.24, 2.45) is 5.92 Å². The van der Waals surface area contributed by atoms with Crippen molar-refractivity contribution in [1.29, 1.82) is 10.5 Å². The highest BCUT2D eigenvalue weighted by Crippen LogP contribution is 2.38. The molecule has 1 N–H and O–H groups in total. The minimum atomic E-state index is -1.05. The Morgan fingerprint density at radius 2 is 1.62 bits per heavy atom. The fraction of sp³-hybridized carbons (Fsp3) is 0.222. The monoisotopic (exact) mass is 327 g/mol. The molecule has 4 nitrogen and oxygen atoms in total. The van der Waals surface area contributed by atoms with Crippen molar-refractivity contribution in [2.75, 3.05) is 11.9 Å². The van der Waals surface area contributed by atoms with Crippen molar-refractivity contribution >= 4 is 11.4 Å². The molecule has 0 aromatic heterocycles. The first-order valence-corrected chi connectivity index (χ1v) is 7.29. The molecule has 0 unspecified atom stereocenters. The molecule has 0 aliphatic heterocycles. The van der Waals surface area contributed by atoms with E-state index in [0.717, 1.165) is 0 Å². The zero-order chi connectivity index (χ0) is 17.7. The van der Waals surface area contributed by atoms with Crippen LogP contribution in [0.25, 0.3) is 0 Å². The minimum absolute atomic E-state index is 0.0678. The van der Waals surface area contributed by atoms with Gasteiger partial charge < -0.3 is 10.1 Å². The molecule has 0 saturated heterocycles. The normalized spacial score (nSPS) is 10.1. The van der Waals surface area contributed by atoms with Crippen molar-refractivity contribution in [3.05, 3.63) is 53.1 Å². The van der Waals surface area contributed by atoms with Crippen LogP contribution >= 0.6 is 0 Å². The van der Waals surface area contributed by atoms with Gasteiger partial charge >= 0.3 is 0 Å². The molecule has 0 bridgehead atoms. The van der Waals surface area contributed by atoms with Crippen LogP contribution in [-0.2, 0) is 0 Å². The van der Waals surface area contributed by atoms with Gasteiger partial charge in [0.1, 0.15) is 29.0 Å². The summed E-state index contributed by atoms with van der Waals surface area (Å²) in [5, 5.41) is 20.9. The quantitative estimate of drug-likeness (QED) is 0.878. The summed E-state index contributed by atoms with van der Waals surface area (Å²) >= 11 is 0. The van der Waals surface area contributed by atoms with Gasteiger partial charge in [0.15, 0.2) is 17.4 Å². The molecule has 0 aliphatic rings. The zero-order valence-electron chi connectivity index (χ0n) is 13.2. The molecule has 0 atom stereocenters. The van der Waals surface area contributed by atoms with E-state index < -0.39 is 28.5 Å². The van der Waals surface area contributed by atoms with Crippen LogP contribution in [0.4, 0.5) is 20.2 Å². The summed E-state index contributed by atoms with van der Waals surface area (Å²) in [7, 11) is 0. The third-order valence-corrected chi connectivity index (χ3v) is 3.16. The Morgan fingerprint density at radius 3 is 2.17 bits per heavy atom. The Kier molecular flexibility index (Phi) is 5.34. The van der Waals surface area contributed by atoms with Crippen molar-refractivity contribution in [3.8, 4) is 17.9 Å². The lowest BCUT2D eigenvalue weighted by Gasteiger charge is -2.17. The van der Waals surface area contributed by atoms with Crippen LogP contribution in [0.15, 0.2) is 30.3 Å². The molecule has 0 heterocycles. The largest absolute Gasteiger partial charge is 0.488 e. The predicted octanol–water partition coefficient (Wildman–Crippen LogP) is 4.49.